The minimum atomic E-state index is 0.108. The van der Waals surface area contributed by atoms with Crippen molar-refractivity contribution in [2.45, 2.75) is 65.3 Å². The SMILES string of the molecule is Cc1cc(C(C)(C)C)c(OCC2CC2)cc1CC(C)N. The second-order valence-corrected chi connectivity index (χ2v) is 7.46. The van der Waals surface area contributed by atoms with Crippen molar-refractivity contribution in [3.05, 3.63) is 28.8 Å². The zero-order chi connectivity index (χ0) is 14.9. The summed E-state index contributed by atoms with van der Waals surface area (Å²) in [5.74, 6) is 1.84. The maximum atomic E-state index is 6.12. The Labute approximate surface area is 123 Å². The Balaban J connectivity index is 2.31. The normalized spacial score (nSPS) is 17.1. The van der Waals surface area contributed by atoms with Gasteiger partial charge in [-0.2, -0.15) is 0 Å². The van der Waals surface area contributed by atoms with Crippen molar-refractivity contribution < 1.29 is 4.74 Å². The van der Waals surface area contributed by atoms with Crippen LogP contribution in [0.4, 0.5) is 0 Å². The van der Waals surface area contributed by atoms with Crippen molar-refractivity contribution in [3.8, 4) is 5.75 Å². The van der Waals surface area contributed by atoms with Crippen molar-refractivity contribution in [2.75, 3.05) is 6.61 Å². The van der Waals surface area contributed by atoms with Gasteiger partial charge in [0.1, 0.15) is 5.75 Å². The number of nitrogens with two attached hydrogens (primary N) is 1. The second-order valence-electron chi connectivity index (χ2n) is 7.46. The third-order valence-corrected chi connectivity index (χ3v) is 3.96. The van der Waals surface area contributed by atoms with Crippen LogP contribution in [-0.2, 0) is 11.8 Å². The molecule has 2 nitrogen and oxygen atoms in total. The molecule has 1 aliphatic carbocycles. The van der Waals surface area contributed by atoms with Gasteiger partial charge < -0.3 is 10.5 Å². The fraction of sp³-hybridized carbons (Fsp3) is 0.667. The Hall–Kier alpha value is -1.02. The van der Waals surface area contributed by atoms with Gasteiger partial charge in [-0.05, 0) is 67.2 Å². The van der Waals surface area contributed by atoms with Crippen LogP contribution >= 0.6 is 0 Å². The molecule has 1 aliphatic rings. The molecule has 0 aromatic heterocycles. The van der Waals surface area contributed by atoms with E-state index in [0.717, 1.165) is 24.7 Å². The fourth-order valence-electron chi connectivity index (χ4n) is 2.49. The highest BCUT2D eigenvalue weighted by Crippen LogP contribution is 2.36. The topological polar surface area (TPSA) is 35.2 Å². The van der Waals surface area contributed by atoms with Crippen LogP contribution in [0.25, 0.3) is 0 Å². The molecule has 0 aliphatic heterocycles. The Kier molecular flexibility index (Phi) is 4.43. The lowest BCUT2D eigenvalue weighted by Crippen LogP contribution is -2.20. The zero-order valence-corrected chi connectivity index (χ0v) is 13.6. The molecule has 0 radical (unpaired) electrons. The van der Waals surface area contributed by atoms with Gasteiger partial charge in [0, 0.05) is 6.04 Å². The fourth-order valence-corrected chi connectivity index (χ4v) is 2.49. The molecule has 0 saturated heterocycles. The van der Waals surface area contributed by atoms with Gasteiger partial charge in [0.15, 0.2) is 0 Å². The highest BCUT2D eigenvalue weighted by Gasteiger charge is 2.25. The molecular formula is C18H29NO. The third kappa shape index (κ3) is 3.99. The Morgan fingerprint density at radius 1 is 1.30 bits per heavy atom. The van der Waals surface area contributed by atoms with Gasteiger partial charge in [-0.25, -0.2) is 0 Å². The van der Waals surface area contributed by atoms with E-state index in [2.05, 4.69) is 46.8 Å². The molecule has 0 heterocycles. The molecule has 1 unspecified atom stereocenters. The average molecular weight is 275 g/mol. The van der Waals surface area contributed by atoms with Crippen molar-refractivity contribution in [3.63, 3.8) is 0 Å². The number of ether oxygens (including phenoxy) is 1. The summed E-state index contributed by atoms with van der Waals surface area (Å²) in [6, 6.07) is 4.70. The Morgan fingerprint density at radius 2 is 1.95 bits per heavy atom. The summed E-state index contributed by atoms with van der Waals surface area (Å²) in [4.78, 5) is 0. The largest absolute Gasteiger partial charge is 0.493 e. The molecule has 0 amide bonds. The number of benzene rings is 1. The van der Waals surface area contributed by atoms with Gasteiger partial charge in [-0.1, -0.05) is 26.8 Å². The van der Waals surface area contributed by atoms with Crippen LogP contribution in [0, 0.1) is 12.8 Å². The molecule has 0 spiro atoms. The minimum Gasteiger partial charge on any atom is -0.493 e. The van der Waals surface area contributed by atoms with E-state index in [-0.39, 0.29) is 11.5 Å². The van der Waals surface area contributed by atoms with E-state index in [9.17, 15) is 0 Å². The van der Waals surface area contributed by atoms with Crippen molar-refractivity contribution in [1.82, 2.24) is 0 Å². The van der Waals surface area contributed by atoms with Crippen LogP contribution < -0.4 is 10.5 Å². The van der Waals surface area contributed by atoms with E-state index in [1.807, 2.05) is 0 Å². The van der Waals surface area contributed by atoms with Gasteiger partial charge in [-0.15, -0.1) is 0 Å². The molecule has 1 aromatic rings. The predicted octanol–water partition coefficient (Wildman–Crippen LogP) is 3.97. The van der Waals surface area contributed by atoms with Crippen molar-refractivity contribution in [1.29, 1.82) is 0 Å². The first-order valence-electron chi connectivity index (χ1n) is 7.79. The second kappa shape index (κ2) is 5.77. The van der Waals surface area contributed by atoms with Crippen LogP contribution in [0.15, 0.2) is 12.1 Å². The van der Waals surface area contributed by atoms with E-state index < -0.39 is 0 Å². The lowest BCUT2D eigenvalue weighted by atomic mass is 9.84. The molecule has 112 valence electrons. The smallest absolute Gasteiger partial charge is 0.123 e. The summed E-state index contributed by atoms with van der Waals surface area (Å²) in [5, 5.41) is 0. The Morgan fingerprint density at radius 3 is 2.45 bits per heavy atom. The molecule has 1 atom stereocenters. The van der Waals surface area contributed by atoms with E-state index in [0.29, 0.717) is 0 Å². The molecule has 0 bridgehead atoms. The van der Waals surface area contributed by atoms with Crippen molar-refractivity contribution >= 4 is 0 Å². The maximum absolute atomic E-state index is 6.12. The van der Waals surface area contributed by atoms with E-state index in [1.165, 1.54) is 29.5 Å². The van der Waals surface area contributed by atoms with Gasteiger partial charge >= 0.3 is 0 Å². The number of hydrogen-bond donors (Lipinski definition) is 1. The third-order valence-electron chi connectivity index (χ3n) is 3.96. The molecule has 20 heavy (non-hydrogen) atoms. The summed E-state index contributed by atoms with van der Waals surface area (Å²) in [6.07, 6.45) is 3.56. The summed E-state index contributed by atoms with van der Waals surface area (Å²) in [5.41, 5.74) is 10.0. The van der Waals surface area contributed by atoms with E-state index in [1.54, 1.807) is 0 Å². The number of aryl methyl sites for hydroxylation is 1. The van der Waals surface area contributed by atoms with Crippen LogP contribution in [0.3, 0.4) is 0 Å². The number of hydrogen-bond acceptors (Lipinski definition) is 2. The lowest BCUT2D eigenvalue weighted by molar-refractivity contribution is 0.291. The quantitative estimate of drug-likeness (QED) is 0.882. The monoisotopic (exact) mass is 275 g/mol. The average Bonchev–Trinajstić information content (AvgIpc) is 3.11. The highest BCUT2D eigenvalue weighted by atomic mass is 16.5. The summed E-state index contributed by atoms with van der Waals surface area (Å²) in [7, 11) is 0. The molecular weight excluding hydrogens is 246 g/mol. The van der Waals surface area contributed by atoms with Crippen LogP contribution in [-0.4, -0.2) is 12.6 Å². The van der Waals surface area contributed by atoms with Gasteiger partial charge in [-0.3, -0.25) is 0 Å². The summed E-state index contributed by atoms with van der Waals surface area (Å²) >= 11 is 0. The van der Waals surface area contributed by atoms with Crippen LogP contribution in [0.1, 0.15) is 57.2 Å². The van der Waals surface area contributed by atoms with E-state index >= 15 is 0 Å². The molecule has 2 N–H and O–H groups in total. The first kappa shape index (κ1) is 15.4. The molecule has 1 fully saturated rings. The first-order chi connectivity index (χ1) is 9.27. The van der Waals surface area contributed by atoms with Crippen LogP contribution in [0.2, 0.25) is 0 Å². The van der Waals surface area contributed by atoms with Gasteiger partial charge in [0.05, 0.1) is 6.61 Å². The predicted molar refractivity (Wildman–Crippen MR) is 85.5 cm³/mol. The standard InChI is InChI=1S/C18H29NO/c1-12-8-16(18(3,4)5)17(20-11-14-6-7-14)10-15(12)9-13(2)19/h8,10,13-14H,6-7,9,11,19H2,1-5H3. The molecule has 2 rings (SSSR count). The summed E-state index contributed by atoms with van der Waals surface area (Å²) in [6.45, 7) is 11.8. The number of rotatable bonds is 5. The lowest BCUT2D eigenvalue weighted by Gasteiger charge is -2.25. The van der Waals surface area contributed by atoms with Crippen LogP contribution in [0.5, 0.6) is 5.75 Å². The highest BCUT2D eigenvalue weighted by molar-refractivity contribution is 5.46. The molecule has 2 heteroatoms. The van der Waals surface area contributed by atoms with Gasteiger partial charge in [0.2, 0.25) is 0 Å². The first-order valence-corrected chi connectivity index (χ1v) is 7.79. The maximum Gasteiger partial charge on any atom is 0.123 e. The molecule has 1 saturated carbocycles. The van der Waals surface area contributed by atoms with Crippen molar-refractivity contribution in [2.24, 2.45) is 11.7 Å². The zero-order valence-electron chi connectivity index (χ0n) is 13.6. The minimum absolute atomic E-state index is 0.108. The Bertz CT molecular complexity index is 467. The van der Waals surface area contributed by atoms with E-state index in [4.69, 9.17) is 10.5 Å². The van der Waals surface area contributed by atoms with Gasteiger partial charge in [0.25, 0.3) is 0 Å². The summed E-state index contributed by atoms with van der Waals surface area (Å²) < 4.78 is 6.12. The molecule has 1 aromatic carbocycles.